The Kier molecular flexibility index (Phi) is 16.9. The van der Waals surface area contributed by atoms with E-state index in [9.17, 15) is 0 Å². The molecule has 0 radical (unpaired) electrons. The second-order valence-electron chi connectivity index (χ2n) is 11.6. The van der Waals surface area contributed by atoms with Crippen LogP contribution in [-0.2, 0) is 12.8 Å². The molecule has 2 aromatic rings. The average Bonchev–Trinajstić information content (AvgIpc) is 3.62. The standard InChI is InChI=1S/C4H4N8.6C4H9.2Sn/c1(3-5-9-10-6-3)2-4-7-11-12-8-4;6*1-3-4-2;;/h1-2H2;6*1,3-4H2,2H3;;/q-2;;;;;;;2*+1. The molecule has 0 fully saturated rings. The molecule has 0 aliphatic rings. The SMILES string of the molecule is CCC[CH2][Sn]([CH2]CCC)([CH2]CCC)[n]1nnc(CCc2nn[n]([Sn]([CH2]CCC)([CH2]CCC)[CH2]CCC)n2)n1. The van der Waals surface area contributed by atoms with Gasteiger partial charge in [0.15, 0.2) is 0 Å². The number of rotatable bonds is 23. The number of unbranched alkanes of at least 4 members (excludes halogenated alkanes) is 6. The second-order valence-corrected chi connectivity index (χ2v) is 36.4. The van der Waals surface area contributed by atoms with E-state index >= 15 is 0 Å². The molecule has 0 unspecified atom stereocenters. The quantitative estimate of drug-likeness (QED) is 0.108. The van der Waals surface area contributed by atoms with Gasteiger partial charge in [-0.15, -0.1) is 0 Å². The molecule has 0 aromatic carbocycles. The molecular weight excluding hydrogens is 686 g/mol. The molecule has 0 spiro atoms. The van der Waals surface area contributed by atoms with Gasteiger partial charge in [0.25, 0.3) is 0 Å². The maximum absolute atomic E-state index is 5.05. The topological polar surface area (TPSA) is 87.2 Å². The summed E-state index contributed by atoms with van der Waals surface area (Å²) in [6.07, 6.45) is 16.8. The van der Waals surface area contributed by atoms with Crippen molar-refractivity contribution in [2.24, 2.45) is 0 Å². The van der Waals surface area contributed by atoms with E-state index < -0.39 is 37.3 Å². The molecule has 218 valence electrons. The summed E-state index contributed by atoms with van der Waals surface area (Å²) < 4.78 is 12.5. The molecule has 0 aliphatic carbocycles. The Bertz CT molecular complexity index is 755. The van der Waals surface area contributed by atoms with Gasteiger partial charge < -0.3 is 0 Å². The first kappa shape index (κ1) is 33.9. The van der Waals surface area contributed by atoms with Gasteiger partial charge in [-0.1, -0.05) is 0 Å². The Morgan fingerprint density at radius 1 is 0.447 bits per heavy atom. The third-order valence-electron chi connectivity index (χ3n) is 8.30. The van der Waals surface area contributed by atoms with Crippen molar-refractivity contribution in [2.45, 2.75) is 158 Å². The van der Waals surface area contributed by atoms with E-state index in [1.54, 1.807) is 0 Å². The van der Waals surface area contributed by atoms with Crippen molar-refractivity contribution in [1.29, 1.82) is 0 Å². The molecule has 0 bridgehead atoms. The van der Waals surface area contributed by atoms with Crippen molar-refractivity contribution < 1.29 is 0 Å². The molecule has 2 heterocycles. The van der Waals surface area contributed by atoms with Crippen LogP contribution in [0.25, 0.3) is 0 Å². The fourth-order valence-corrected chi connectivity index (χ4v) is 33.9. The number of hydrogen-bond acceptors (Lipinski definition) is 6. The van der Waals surface area contributed by atoms with Gasteiger partial charge in [-0.2, -0.15) is 0 Å². The minimum absolute atomic E-state index is 0.754. The fraction of sp³-hybridized carbons (Fsp3) is 0.929. The zero-order valence-corrected chi connectivity index (χ0v) is 31.4. The van der Waals surface area contributed by atoms with Crippen LogP contribution in [0.3, 0.4) is 0 Å². The number of hydrogen-bond donors (Lipinski definition) is 0. The monoisotopic (exact) mass is 746 g/mol. The van der Waals surface area contributed by atoms with Crippen LogP contribution in [0.1, 0.15) is 130 Å². The van der Waals surface area contributed by atoms with Crippen LogP contribution in [0, 0.1) is 0 Å². The first-order valence-corrected chi connectivity index (χ1v) is 30.8. The molecule has 0 saturated carbocycles. The van der Waals surface area contributed by atoms with Crippen LogP contribution in [0.2, 0.25) is 26.6 Å². The van der Waals surface area contributed by atoms with Gasteiger partial charge in [0, 0.05) is 0 Å². The Balaban J connectivity index is 2.19. The normalized spacial score (nSPS) is 12.5. The van der Waals surface area contributed by atoms with Crippen LogP contribution in [0.15, 0.2) is 0 Å². The molecule has 0 amide bonds. The van der Waals surface area contributed by atoms with Gasteiger partial charge >= 0.3 is 244 Å². The summed E-state index contributed by atoms with van der Waals surface area (Å²) in [5.41, 5.74) is 0. The van der Waals surface area contributed by atoms with Gasteiger partial charge in [-0.3, -0.25) is 0 Å². The molecule has 0 aliphatic heterocycles. The first-order chi connectivity index (χ1) is 18.5. The molecule has 0 N–H and O–H groups in total. The summed E-state index contributed by atoms with van der Waals surface area (Å²) in [4.78, 5) is 0. The van der Waals surface area contributed by atoms with Gasteiger partial charge in [0.2, 0.25) is 0 Å². The van der Waals surface area contributed by atoms with Crippen LogP contribution >= 0.6 is 0 Å². The summed E-state index contributed by atoms with van der Waals surface area (Å²) in [6, 6.07) is 0. The Hall–Kier alpha value is -0.263. The van der Waals surface area contributed by atoms with E-state index in [4.69, 9.17) is 20.6 Å². The van der Waals surface area contributed by atoms with Crippen molar-refractivity contribution in [3.05, 3.63) is 11.6 Å². The molecule has 0 atom stereocenters. The van der Waals surface area contributed by atoms with Crippen molar-refractivity contribution in [3.8, 4) is 0 Å². The first-order valence-electron chi connectivity index (χ1n) is 16.1. The predicted octanol–water partition coefficient (Wildman–Crippen LogP) is 7.83. The fourth-order valence-electron chi connectivity index (χ4n) is 5.70. The molecule has 2 rings (SSSR count). The van der Waals surface area contributed by atoms with E-state index in [1.807, 2.05) is 0 Å². The summed E-state index contributed by atoms with van der Waals surface area (Å²) in [5.74, 6) is 1.73. The van der Waals surface area contributed by atoms with Gasteiger partial charge in [-0.25, -0.2) is 0 Å². The second kappa shape index (κ2) is 19.0. The van der Waals surface area contributed by atoms with Crippen molar-refractivity contribution >= 4 is 37.3 Å². The Labute approximate surface area is 242 Å². The Morgan fingerprint density at radius 3 is 0.947 bits per heavy atom. The zero-order chi connectivity index (χ0) is 27.7. The van der Waals surface area contributed by atoms with E-state index in [0.717, 1.165) is 24.5 Å². The zero-order valence-electron chi connectivity index (χ0n) is 25.7. The molecule has 2 aromatic heterocycles. The van der Waals surface area contributed by atoms with Crippen molar-refractivity contribution in [1.82, 2.24) is 36.9 Å². The van der Waals surface area contributed by atoms with Crippen LogP contribution < -0.4 is 0 Å². The van der Waals surface area contributed by atoms with Gasteiger partial charge in [-0.05, 0) is 0 Å². The molecule has 0 saturated heterocycles. The minimum atomic E-state index is -2.70. The van der Waals surface area contributed by atoms with E-state index in [0.29, 0.717) is 0 Å². The molecular formula is C28H58N8Sn2. The number of aryl methyl sites for hydroxylation is 2. The summed E-state index contributed by atoms with van der Waals surface area (Å²) in [5, 5.41) is 28.7. The third kappa shape index (κ3) is 10.3. The number of aromatic nitrogens is 8. The maximum atomic E-state index is 5.05. The van der Waals surface area contributed by atoms with Crippen molar-refractivity contribution in [2.75, 3.05) is 0 Å². The van der Waals surface area contributed by atoms with Crippen LogP contribution in [-0.4, -0.2) is 74.2 Å². The summed E-state index contributed by atoms with van der Waals surface area (Å²) in [7, 11) is 0. The molecule has 38 heavy (non-hydrogen) atoms. The van der Waals surface area contributed by atoms with Crippen LogP contribution in [0.4, 0.5) is 0 Å². The molecule has 8 nitrogen and oxygen atoms in total. The summed E-state index contributed by atoms with van der Waals surface area (Å²) >= 11 is -5.41. The Morgan fingerprint density at radius 2 is 0.711 bits per heavy atom. The third-order valence-corrected chi connectivity index (χ3v) is 36.2. The molecule has 10 heteroatoms. The number of tetrazole rings is 2. The van der Waals surface area contributed by atoms with Gasteiger partial charge in [0.05, 0.1) is 0 Å². The van der Waals surface area contributed by atoms with Crippen molar-refractivity contribution in [3.63, 3.8) is 0 Å². The predicted molar refractivity (Wildman–Crippen MR) is 164 cm³/mol. The van der Waals surface area contributed by atoms with Crippen LogP contribution in [0.5, 0.6) is 0 Å². The number of nitrogens with zero attached hydrogens (tertiary/aromatic N) is 8. The van der Waals surface area contributed by atoms with E-state index in [-0.39, 0.29) is 0 Å². The van der Waals surface area contributed by atoms with E-state index in [2.05, 4.69) is 57.8 Å². The summed E-state index contributed by atoms with van der Waals surface area (Å²) in [6.45, 7) is 13.8. The van der Waals surface area contributed by atoms with E-state index in [1.165, 1.54) is 104 Å². The average molecular weight is 744 g/mol. The van der Waals surface area contributed by atoms with Gasteiger partial charge in [0.1, 0.15) is 0 Å².